The Bertz CT molecular complexity index is 467. The van der Waals surface area contributed by atoms with Crippen molar-refractivity contribution in [2.45, 2.75) is 33.7 Å². The van der Waals surface area contributed by atoms with Crippen LogP contribution in [0.15, 0.2) is 28.7 Å². The summed E-state index contributed by atoms with van der Waals surface area (Å²) in [6.45, 7) is 6.94. The number of benzene rings is 1. The second-order valence-corrected chi connectivity index (χ2v) is 6.13. The molecule has 0 radical (unpaired) electrons. The standard InChI is InChI=1S/C14H19BrN2O2/c1-9(2)16-12(18)14(3,4)13(19)17-11-7-5-10(15)6-8-11/h5-9H,1-4H3,(H,16,18)(H,17,19). The van der Waals surface area contributed by atoms with Crippen LogP contribution in [-0.4, -0.2) is 17.9 Å². The molecule has 4 nitrogen and oxygen atoms in total. The van der Waals surface area contributed by atoms with Crippen LogP contribution in [0, 0.1) is 5.41 Å². The molecule has 0 heterocycles. The smallest absolute Gasteiger partial charge is 0.239 e. The zero-order chi connectivity index (χ0) is 14.6. The number of carbonyl (C=O) groups excluding carboxylic acids is 2. The van der Waals surface area contributed by atoms with Gasteiger partial charge in [0.2, 0.25) is 11.8 Å². The summed E-state index contributed by atoms with van der Waals surface area (Å²) in [7, 11) is 0. The van der Waals surface area contributed by atoms with E-state index >= 15 is 0 Å². The van der Waals surface area contributed by atoms with E-state index in [-0.39, 0.29) is 17.9 Å². The average Bonchev–Trinajstić information content (AvgIpc) is 2.31. The highest BCUT2D eigenvalue weighted by Crippen LogP contribution is 2.20. The summed E-state index contributed by atoms with van der Waals surface area (Å²) in [6, 6.07) is 7.22. The van der Waals surface area contributed by atoms with Gasteiger partial charge in [-0.25, -0.2) is 0 Å². The number of carbonyl (C=O) groups is 2. The summed E-state index contributed by atoms with van der Waals surface area (Å²) >= 11 is 3.32. The van der Waals surface area contributed by atoms with Gasteiger partial charge < -0.3 is 10.6 Å². The highest BCUT2D eigenvalue weighted by molar-refractivity contribution is 9.10. The fourth-order valence-corrected chi connectivity index (χ4v) is 1.63. The van der Waals surface area contributed by atoms with Crippen molar-refractivity contribution in [3.63, 3.8) is 0 Å². The molecule has 0 aliphatic carbocycles. The average molecular weight is 327 g/mol. The number of rotatable bonds is 4. The molecule has 0 atom stereocenters. The maximum atomic E-state index is 12.2. The van der Waals surface area contributed by atoms with Crippen molar-refractivity contribution in [1.29, 1.82) is 0 Å². The summed E-state index contributed by atoms with van der Waals surface area (Å²) in [6.07, 6.45) is 0. The predicted molar refractivity (Wildman–Crippen MR) is 79.8 cm³/mol. The van der Waals surface area contributed by atoms with E-state index in [1.165, 1.54) is 0 Å². The molecule has 19 heavy (non-hydrogen) atoms. The molecule has 2 N–H and O–H groups in total. The Morgan fingerprint density at radius 3 is 2.11 bits per heavy atom. The van der Waals surface area contributed by atoms with E-state index in [4.69, 9.17) is 0 Å². The third-order valence-corrected chi connectivity index (χ3v) is 3.19. The van der Waals surface area contributed by atoms with Crippen molar-refractivity contribution in [2.24, 2.45) is 5.41 Å². The van der Waals surface area contributed by atoms with E-state index in [1.807, 2.05) is 26.0 Å². The molecule has 0 aromatic heterocycles. The van der Waals surface area contributed by atoms with Gasteiger partial charge in [-0.15, -0.1) is 0 Å². The van der Waals surface area contributed by atoms with E-state index in [0.717, 1.165) is 4.47 Å². The second kappa shape index (κ2) is 6.19. The van der Waals surface area contributed by atoms with Gasteiger partial charge in [0, 0.05) is 16.2 Å². The summed E-state index contributed by atoms with van der Waals surface area (Å²) in [5, 5.41) is 5.49. The van der Waals surface area contributed by atoms with Crippen LogP contribution in [-0.2, 0) is 9.59 Å². The minimum Gasteiger partial charge on any atom is -0.353 e. The number of hydrogen-bond acceptors (Lipinski definition) is 2. The SMILES string of the molecule is CC(C)NC(=O)C(C)(C)C(=O)Nc1ccc(Br)cc1. The third kappa shape index (κ3) is 4.35. The highest BCUT2D eigenvalue weighted by atomic mass is 79.9. The zero-order valence-corrected chi connectivity index (χ0v) is 13.2. The van der Waals surface area contributed by atoms with Gasteiger partial charge in [0.15, 0.2) is 0 Å². The molecular weight excluding hydrogens is 308 g/mol. The summed E-state index contributed by atoms with van der Waals surface area (Å²) in [5.74, 6) is -0.606. The van der Waals surface area contributed by atoms with Gasteiger partial charge in [-0.2, -0.15) is 0 Å². The Labute approximate surface area is 122 Å². The van der Waals surface area contributed by atoms with Crippen LogP contribution < -0.4 is 10.6 Å². The van der Waals surface area contributed by atoms with Crippen LogP contribution in [0.1, 0.15) is 27.7 Å². The van der Waals surface area contributed by atoms with Crippen LogP contribution in [0.3, 0.4) is 0 Å². The van der Waals surface area contributed by atoms with Crippen molar-refractivity contribution in [1.82, 2.24) is 5.32 Å². The maximum Gasteiger partial charge on any atom is 0.239 e. The first-order valence-corrected chi connectivity index (χ1v) is 6.90. The molecule has 1 rings (SSSR count). The molecule has 5 heteroatoms. The number of halogens is 1. The maximum absolute atomic E-state index is 12.2. The molecule has 0 unspecified atom stereocenters. The lowest BCUT2D eigenvalue weighted by molar-refractivity contribution is -0.138. The quantitative estimate of drug-likeness (QED) is 0.836. The van der Waals surface area contributed by atoms with Crippen LogP contribution in [0.4, 0.5) is 5.69 Å². The lowest BCUT2D eigenvalue weighted by Crippen LogP contribution is -2.47. The Kier molecular flexibility index (Phi) is 5.11. The van der Waals surface area contributed by atoms with Crippen LogP contribution in [0.2, 0.25) is 0 Å². The number of nitrogens with one attached hydrogen (secondary N) is 2. The number of hydrogen-bond donors (Lipinski definition) is 2. The molecule has 1 aromatic rings. The minimum atomic E-state index is -1.11. The van der Waals surface area contributed by atoms with Gasteiger partial charge in [0.05, 0.1) is 0 Å². The fourth-order valence-electron chi connectivity index (χ4n) is 1.37. The van der Waals surface area contributed by atoms with Gasteiger partial charge in [-0.1, -0.05) is 15.9 Å². The fraction of sp³-hybridized carbons (Fsp3) is 0.429. The number of amides is 2. The predicted octanol–water partition coefficient (Wildman–Crippen LogP) is 2.94. The number of anilines is 1. The molecule has 0 aliphatic rings. The third-order valence-electron chi connectivity index (χ3n) is 2.66. The summed E-state index contributed by atoms with van der Waals surface area (Å²) in [5.41, 5.74) is -0.448. The molecule has 0 aliphatic heterocycles. The first kappa shape index (κ1) is 15.7. The summed E-state index contributed by atoms with van der Waals surface area (Å²) in [4.78, 5) is 24.1. The minimum absolute atomic E-state index is 0.00672. The largest absolute Gasteiger partial charge is 0.353 e. The van der Waals surface area contributed by atoms with Gasteiger partial charge >= 0.3 is 0 Å². The van der Waals surface area contributed by atoms with Crippen LogP contribution in [0.25, 0.3) is 0 Å². The first-order chi connectivity index (χ1) is 8.73. The normalized spacial score (nSPS) is 11.3. The first-order valence-electron chi connectivity index (χ1n) is 6.11. The van der Waals surface area contributed by atoms with Crippen molar-refractivity contribution in [2.75, 3.05) is 5.32 Å². The zero-order valence-electron chi connectivity index (χ0n) is 11.6. The lowest BCUT2D eigenvalue weighted by atomic mass is 9.90. The topological polar surface area (TPSA) is 58.2 Å². The molecule has 0 saturated heterocycles. The Morgan fingerprint density at radius 1 is 1.11 bits per heavy atom. The van der Waals surface area contributed by atoms with Gasteiger partial charge in [0.1, 0.15) is 5.41 Å². The van der Waals surface area contributed by atoms with E-state index in [9.17, 15) is 9.59 Å². The van der Waals surface area contributed by atoms with E-state index in [0.29, 0.717) is 5.69 Å². The molecule has 0 bridgehead atoms. The van der Waals surface area contributed by atoms with Crippen molar-refractivity contribution in [3.8, 4) is 0 Å². The summed E-state index contributed by atoms with van der Waals surface area (Å²) < 4.78 is 0.933. The van der Waals surface area contributed by atoms with Crippen molar-refractivity contribution in [3.05, 3.63) is 28.7 Å². The van der Waals surface area contributed by atoms with E-state index in [2.05, 4.69) is 26.6 Å². The second-order valence-electron chi connectivity index (χ2n) is 5.21. The Balaban J connectivity index is 2.75. The Hall–Kier alpha value is -1.36. The van der Waals surface area contributed by atoms with Gasteiger partial charge in [-0.05, 0) is 52.0 Å². The highest BCUT2D eigenvalue weighted by Gasteiger charge is 2.36. The molecule has 0 saturated carbocycles. The van der Waals surface area contributed by atoms with E-state index in [1.54, 1.807) is 26.0 Å². The van der Waals surface area contributed by atoms with Gasteiger partial charge in [-0.3, -0.25) is 9.59 Å². The van der Waals surface area contributed by atoms with E-state index < -0.39 is 5.41 Å². The lowest BCUT2D eigenvalue weighted by Gasteiger charge is -2.24. The molecule has 2 amide bonds. The molecule has 0 spiro atoms. The Morgan fingerprint density at radius 2 is 1.63 bits per heavy atom. The molecule has 104 valence electrons. The molecule has 0 fully saturated rings. The molecule has 1 aromatic carbocycles. The monoisotopic (exact) mass is 326 g/mol. The van der Waals surface area contributed by atoms with Crippen LogP contribution >= 0.6 is 15.9 Å². The van der Waals surface area contributed by atoms with Crippen molar-refractivity contribution < 1.29 is 9.59 Å². The van der Waals surface area contributed by atoms with Gasteiger partial charge in [0.25, 0.3) is 0 Å². The molecular formula is C14H19BrN2O2. The van der Waals surface area contributed by atoms with Crippen molar-refractivity contribution >= 4 is 33.4 Å². The van der Waals surface area contributed by atoms with Crippen LogP contribution in [0.5, 0.6) is 0 Å².